The van der Waals surface area contributed by atoms with Gasteiger partial charge in [-0.3, -0.25) is 4.90 Å². The largest absolute Gasteiger partial charge is 0.489 e. The fourth-order valence-corrected chi connectivity index (χ4v) is 2.14. The van der Waals surface area contributed by atoms with Gasteiger partial charge >= 0.3 is 12.0 Å². The molecule has 0 aliphatic carbocycles. The van der Waals surface area contributed by atoms with E-state index < -0.39 is 5.97 Å². The van der Waals surface area contributed by atoms with Gasteiger partial charge in [-0.1, -0.05) is 6.07 Å². The van der Waals surface area contributed by atoms with Crippen molar-refractivity contribution in [2.75, 3.05) is 38.3 Å². The van der Waals surface area contributed by atoms with Crippen LogP contribution in [-0.2, 0) is 4.74 Å². The Morgan fingerprint density at radius 2 is 2.29 bits per heavy atom. The third kappa shape index (κ3) is 3.43. The van der Waals surface area contributed by atoms with E-state index >= 15 is 0 Å². The lowest BCUT2D eigenvalue weighted by molar-refractivity contribution is 0.0692. The molecule has 0 saturated carbocycles. The van der Waals surface area contributed by atoms with E-state index in [1.165, 1.54) is 11.0 Å². The Bertz CT molecular complexity index is 532. The van der Waals surface area contributed by atoms with Crippen molar-refractivity contribution in [2.24, 2.45) is 0 Å². The average molecular weight is 294 g/mol. The Kier molecular flexibility index (Phi) is 4.99. The lowest BCUT2D eigenvalue weighted by Gasteiger charge is -2.30. The van der Waals surface area contributed by atoms with Crippen molar-refractivity contribution in [1.29, 1.82) is 0 Å². The summed E-state index contributed by atoms with van der Waals surface area (Å²) in [6.07, 6.45) is 0.717. The number of carbonyl (C=O) groups is 2. The normalized spacial score (nSPS) is 13.3. The minimum absolute atomic E-state index is 0.0596. The molecule has 7 heteroatoms. The van der Waals surface area contributed by atoms with Crippen molar-refractivity contribution >= 4 is 17.7 Å². The average Bonchev–Trinajstić information content (AvgIpc) is 2.50. The van der Waals surface area contributed by atoms with Gasteiger partial charge in [0.25, 0.3) is 0 Å². The summed E-state index contributed by atoms with van der Waals surface area (Å²) in [5, 5.41) is 11.9. The predicted octanol–water partition coefficient (Wildman–Crippen LogP) is 1.33. The van der Waals surface area contributed by atoms with E-state index in [0.29, 0.717) is 31.8 Å². The van der Waals surface area contributed by atoms with Crippen LogP contribution in [0.5, 0.6) is 5.75 Å². The molecule has 2 N–H and O–H groups in total. The number of rotatable bonds is 5. The summed E-state index contributed by atoms with van der Waals surface area (Å²) in [5.41, 5.74) is 0.537. The van der Waals surface area contributed by atoms with Crippen LogP contribution in [0, 0.1) is 0 Å². The van der Waals surface area contributed by atoms with Gasteiger partial charge in [-0.15, -0.1) is 0 Å². The third-order valence-corrected chi connectivity index (χ3v) is 3.12. The number of methoxy groups -OCH3 is 1. The highest BCUT2D eigenvalue weighted by atomic mass is 16.5. The van der Waals surface area contributed by atoms with Crippen LogP contribution in [-0.4, -0.2) is 50.5 Å². The smallest absolute Gasteiger partial charge is 0.339 e. The van der Waals surface area contributed by atoms with Crippen molar-refractivity contribution in [3.05, 3.63) is 23.8 Å². The maximum Gasteiger partial charge on any atom is 0.339 e. The first-order valence-electron chi connectivity index (χ1n) is 6.68. The molecule has 0 spiro atoms. The molecular formula is C14H18N2O5. The van der Waals surface area contributed by atoms with Crippen LogP contribution in [0.15, 0.2) is 18.2 Å². The van der Waals surface area contributed by atoms with Gasteiger partial charge < -0.3 is 19.9 Å². The van der Waals surface area contributed by atoms with E-state index in [4.69, 9.17) is 14.6 Å². The zero-order valence-corrected chi connectivity index (χ0v) is 11.8. The summed E-state index contributed by atoms with van der Waals surface area (Å²) in [6.45, 7) is 1.72. The third-order valence-electron chi connectivity index (χ3n) is 3.12. The van der Waals surface area contributed by atoms with E-state index in [9.17, 15) is 9.59 Å². The molecule has 1 heterocycles. The molecular weight excluding hydrogens is 276 g/mol. The molecule has 114 valence electrons. The summed E-state index contributed by atoms with van der Waals surface area (Å²) in [7, 11) is 1.60. The monoisotopic (exact) mass is 294 g/mol. The molecule has 1 aliphatic heterocycles. The van der Waals surface area contributed by atoms with Crippen LogP contribution in [0.4, 0.5) is 10.5 Å². The molecule has 2 amide bonds. The number of anilines is 1. The summed E-state index contributed by atoms with van der Waals surface area (Å²) in [6, 6.07) is 4.47. The van der Waals surface area contributed by atoms with Crippen molar-refractivity contribution in [1.82, 2.24) is 5.32 Å². The first kappa shape index (κ1) is 15.1. The number of carboxylic acid groups (broad SMARTS) is 1. The number of benzene rings is 1. The number of amides is 2. The number of urea groups is 1. The second-order valence-corrected chi connectivity index (χ2v) is 4.54. The molecule has 7 nitrogen and oxygen atoms in total. The molecule has 0 atom stereocenters. The van der Waals surface area contributed by atoms with Gasteiger partial charge in [0.2, 0.25) is 0 Å². The number of fused-ring (bicyclic) bond motifs is 1. The van der Waals surface area contributed by atoms with E-state index in [2.05, 4.69) is 5.32 Å². The van der Waals surface area contributed by atoms with Crippen molar-refractivity contribution in [3.8, 4) is 5.75 Å². The van der Waals surface area contributed by atoms with Crippen LogP contribution in [0.3, 0.4) is 0 Å². The minimum Gasteiger partial charge on any atom is -0.489 e. The van der Waals surface area contributed by atoms with Crippen molar-refractivity contribution < 1.29 is 24.2 Å². The molecule has 0 fully saturated rings. The SMILES string of the molecule is COCCCNC(=O)N1CCOc2c(C(=O)O)cccc21. The number of carboxylic acids is 1. The van der Waals surface area contributed by atoms with Crippen LogP contribution in [0.1, 0.15) is 16.8 Å². The highest BCUT2D eigenvalue weighted by molar-refractivity contribution is 5.99. The predicted molar refractivity (Wildman–Crippen MR) is 76.1 cm³/mol. The zero-order valence-electron chi connectivity index (χ0n) is 11.8. The molecule has 1 aromatic carbocycles. The maximum atomic E-state index is 12.2. The standard InChI is InChI=1S/C14H18N2O5/c1-20-8-3-6-15-14(19)16-7-9-21-12-10(13(17)18)4-2-5-11(12)16/h2,4-5H,3,6-9H2,1H3,(H,15,19)(H,17,18). The quantitative estimate of drug-likeness (QED) is 0.800. The van der Waals surface area contributed by atoms with E-state index in [-0.39, 0.29) is 24.0 Å². The van der Waals surface area contributed by atoms with Crippen LogP contribution in [0.2, 0.25) is 0 Å². The fraction of sp³-hybridized carbons (Fsp3) is 0.429. The van der Waals surface area contributed by atoms with Gasteiger partial charge in [0, 0.05) is 20.3 Å². The molecule has 1 aliphatic rings. The van der Waals surface area contributed by atoms with Gasteiger partial charge in [-0.25, -0.2) is 9.59 Å². The van der Waals surface area contributed by atoms with Gasteiger partial charge in [-0.05, 0) is 18.6 Å². The second-order valence-electron chi connectivity index (χ2n) is 4.54. The number of hydrogen-bond donors (Lipinski definition) is 2. The van der Waals surface area contributed by atoms with E-state index in [0.717, 1.165) is 0 Å². The lowest BCUT2D eigenvalue weighted by atomic mass is 10.1. The maximum absolute atomic E-state index is 12.2. The summed E-state index contributed by atoms with van der Waals surface area (Å²) < 4.78 is 10.3. The summed E-state index contributed by atoms with van der Waals surface area (Å²) >= 11 is 0. The topological polar surface area (TPSA) is 88.1 Å². The molecule has 0 aromatic heterocycles. The number of ether oxygens (including phenoxy) is 2. The van der Waals surface area contributed by atoms with Gasteiger partial charge in [0.1, 0.15) is 12.2 Å². The number of nitrogens with zero attached hydrogens (tertiary/aromatic N) is 1. The summed E-state index contributed by atoms with van der Waals surface area (Å²) in [5.74, 6) is -0.836. The number of nitrogens with one attached hydrogen (secondary N) is 1. The molecule has 0 radical (unpaired) electrons. The van der Waals surface area contributed by atoms with Gasteiger partial charge in [0.15, 0.2) is 5.75 Å². The highest BCUT2D eigenvalue weighted by Gasteiger charge is 2.27. The molecule has 0 bridgehead atoms. The van der Waals surface area contributed by atoms with Gasteiger partial charge in [-0.2, -0.15) is 0 Å². The van der Waals surface area contributed by atoms with Crippen molar-refractivity contribution in [2.45, 2.75) is 6.42 Å². The Balaban J connectivity index is 2.13. The molecule has 21 heavy (non-hydrogen) atoms. The Hall–Kier alpha value is -2.28. The number of hydrogen-bond acceptors (Lipinski definition) is 4. The molecule has 0 saturated heterocycles. The Morgan fingerprint density at radius 3 is 3.00 bits per heavy atom. The van der Waals surface area contributed by atoms with E-state index in [1.807, 2.05) is 0 Å². The van der Waals surface area contributed by atoms with Crippen molar-refractivity contribution in [3.63, 3.8) is 0 Å². The molecule has 0 unspecified atom stereocenters. The second kappa shape index (κ2) is 6.94. The summed E-state index contributed by atoms with van der Waals surface area (Å²) in [4.78, 5) is 24.9. The first-order chi connectivity index (χ1) is 10.1. The Labute approximate surface area is 122 Å². The van der Waals surface area contributed by atoms with Gasteiger partial charge in [0.05, 0.1) is 12.2 Å². The number of carbonyl (C=O) groups excluding carboxylic acids is 1. The molecule has 1 aromatic rings. The van der Waals surface area contributed by atoms with E-state index in [1.54, 1.807) is 19.2 Å². The van der Waals surface area contributed by atoms with Crippen LogP contribution < -0.4 is 15.0 Å². The van der Waals surface area contributed by atoms with Crippen LogP contribution >= 0.6 is 0 Å². The zero-order chi connectivity index (χ0) is 15.2. The number of para-hydroxylation sites is 1. The Morgan fingerprint density at radius 1 is 1.48 bits per heavy atom. The minimum atomic E-state index is -1.07. The number of aromatic carboxylic acids is 1. The lowest BCUT2D eigenvalue weighted by Crippen LogP contribution is -2.45. The highest BCUT2D eigenvalue weighted by Crippen LogP contribution is 2.34. The first-order valence-corrected chi connectivity index (χ1v) is 6.68. The van der Waals surface area contributed by atoms with Crippen LogP contribution in [0.25, 0.3) is 0 Å². The fourth-order valence-electron chi connectivity index (χ4n) is 2.14. The molecule has 2 rings (SSSR count).